The summed E-state index contributed by atoms with van der Waals surface area (Å²) in [4.78, 5) is 21.0. The second-order valence-electron chi connectivity index (χ2n) is 7.57. The largest absolute Gasteiger partial charge is 0.327 e. The molecule has 0 radical (unpaired) electrons. The Hall–Kier alpha value is -2.24. The minimum absolute atomic E-state index is 0.157. The standard InChI is InChI=1S/C22H25N3OS/c1-16(2)17-7-9-18(10-8-17)22(26)25-13-11-24(12-14-25)15-21-23-19-5-3-4-6-20(19)27-21/h3-10,16H,11-15H2,1-2H3/p+1. The van der Waals surface area contributed by atoms with Crippen LogP contribution < -0.4 is 4.90 Å². The van der Waals surface area contributed by atoms with Gasteiger partial charge in [-0.3, -0.25) is 4.79 Å². The summed E-state index contributed by atoms with van der Waals surface area (Å²) in [5.41, 5.74) is 3.17. The summed E-state index contributed by atoms with van der Waals surface area (Å²) in [6.07, 6.45) is 0. The fourth-order valence-corrected chi connectivity index (χ4v) is 4.64. The lowest BCUT2D eigenvalue weighted by atomic mass is 10.0. The molecule has 1 aromatic heterocycles. The molecule has 3 aromatic rings. The number of amides is 1. The van der Waals surface area contributed by atoms with Crippen molar-refractivity contribution in [3.63, 3.8) is 0 Å². The molecule has 1 aliphatic heterocycles. The molecule has 4 nitrogen and oxygen atoms in total. The van der Waals surface area contributed by atoms with Gasteiger partial charge in [-0.05, 0) is 35.7 Å². The Bertz CT molecular complexity index is 891. The Labute approximate surface area is 164 Å². The first-order valence-electron chi connectivity index (χ1n) is 9.67. The number of thiazole rings is 1. The molecule has 1 N–H and O–H groups in total. The molecule has 0 spiro atoms. The van der Waals surface area contributed by atoms with Gasteiger partial charge in [0, 0.05) is 5.56 Å². The molecular weight excluding hydrogens is 354 g/mol. The number of fused-ring (bicyclic) bond motifs is 1. The Morgan fingerprint density at radius 3 is 2.48 bits per heavy atom. The van der Waals surface area contributed by atoms with Crippen LogP contribution in [0.25, 0.3) is 10.2 Å². The molecule has 0 saturated carbocycles. The maximum absolute atomic E-state index is 12.8. The normalized spacial score (nSPS) is 15.6. The van der Waals surface area contributed by atoms with Crippen molar-refractivity contribution in [2.45, 2.75) is 26.3 Å². The number of aromatic nitrogens is 1. The lowest BCUT2D eigenvalue weighted by molar-refractivity contribution is -0.917. The van der Waals surface area contributed by atoms with E-state index in [0.29, 0.717) is 5.92 Å². The summed E-state index contributed by atoms with van der Waals surface area (Å²) in [5.74, 6) is 0.646. The number of benzene rings is 2. The third kappa shape index (κ3) is 4.04. The zero-order valence-electron chi connectivity index (χ0n) is 15.9. The Balaban J connectivity index is 1.34. The molecule has 1 fully saturated rings. The van der Waals surface area contributed by atoms with Gasteiger partial charge < -0.3 is 9.80 Å². The quantitative estimate of drug-likeness (QED) is 0.756. The molecule has 1 amide bonds. The fraction of sp³-hybridized carbons (Fsp3) is 0.364. The number of rotatable bonds is 4. The van der Waals surface area contributed by atoms with Gasteiger partial charge in [0.2, 0.25) is 0 Å². The van der Waals surface area contributed by atoms with E-state index in [1.807, 2.05) is 23.1 Å². The summed E-state index contributed by atoms with van der Waals surface area (Å²) in [5, 5.41) is 1.19. The molecule has 2 heterocycles. The number of carbonyl (C=O) groups is 1. The SMILES string of the molecule is CC(C)c1ccc(C(=O)N2CC[NH+](Cc3nc4ccccc4s3)CC2)cc1. The molecule has 0 atom stereocenters. The van der Waals surface area contributed by atoms with Crippen LogP contribution in [0.1, 0.15) is 40.7 Å². The highest BCUT2D eigenvalue weighted by Crippen LogP contribution is 2.21. The zero-order valence-corrected chi connectivity index (χ0v) is 16.8. The number of para-hydroxylation sites is 1. The van der Waals surface area contributed by atoms with E-state index in [0.717, 1.165) is 43.8 Å². The highest BCUT2D eigenvalue weighted by molar-refractivity contribution is 7.18. The Kier molecular flexibility index (Phi) is 5.23. The van der Waals surface area contributed by atoms with E-state index in [1.165, 1.54) is 20.2 Å². The lowest BCUT2D eigenvalue weighted by Crippen LogP contribution is -3.13. The summed E-state index contributed by atoms with van der Waals surface area (Å²) in [6.45, 7) is 8.87. The minimum atomic E-state index is 0.157. The van der Waals surface area contributed by atoms with Crippen LogP contribution in [-0.4, -0.2) is 42.0 Å². The van der Waals surface area contributed by atoms with Crippen LogP contribution in [0.3, 0.4) is 0 Å². The van der Waals surface area contributed by atoms with Gasteiger partial charge in [0.15, 0.2) is 0 Å². The van der Waals surface area contributed by atoms with Crippen molar-refractivity contribution < 1.29 is 9.69 Å². The summed E-state index contributed by atoms with van der Waals surface area (Å²) in [7, 11) is 0. The van der Waals surface area contributed by atoms with Gasteiger partial charge in [0.1, 0.15) is 11.6 Å². The van der Waals surface area contributed by atoms with Crippen LogP contribution in [-0.2, 0) is 6.54 Å². The van der Waals surface area contributed by atoms with E-state index in [2.05, 4.69) is 44.2 Å². The van der Waals surface area contributed by atoms with E-state index in [4.69, 9.17) is 4.98 Å². The first-order chi connectivity index (χ1) is 13.1. The lowest BCUT2D eigenvalue weighted by Gasteiger charge is -2.32. The van der Waals surface area contributed by atoms with Crippen molar-refractivity contribution in [2.75, 3.05) is 26.2 Å². The van der Waals surface area contributed by atoms with Gasteiger partial charge in [-0.25, -0.2) is 4.98 Å². The van der Waals surface area contributed by atoms with Crippen LogP contribution in [0.2, 0.25) is 0 Å². The molecule has 1 saturated heterocycles. The van der Waals surface area contributed by atoms with E-state index in [9.17, 15) is 4.79 Å². The molecular formula is C22H26N3OS+. The van der Waals surface area contributed by atoms with Gasteiger partial charge in [-0.1, -0.05) is 38.1 Å². The average Bonchev–Trinajstić information content (AvgIpc) is 3.10. The Morgan fingerprint density at radius 1 is 1.11 bits per heavy atom. The molecule has 0 bridgehead atoms. The number of hydrogen-bond acceptors (Lipinski definition) is 3. The maximum atomic E-state index is 12.8. The number of hydrogen-bond donors (Lipinski definition) is 1. The number of nitrogens with one attached hydrogen (secondary N) is 1. The first kappa shape index (κ1) is 18.1. The second-order valence-corrected chi connectivity index (χ2v) is 8.69. The topological polar surface area (TPSA) is 37.6 Å². The van der Waals surface area contributed by atoms with Crippen molar-refractivity contribution in [1.29, 1.82) is 0 Å². The van der Waals surface area contributed by atoms with Crippen molar-refractivity contribution in [1.82, 2.24) is 9.88 Å². The molecule has 2 aromatic carbocycles. The first-order valence-corrected chi connectivity index (χ1v) is 10.5. The molecule has 0 unspecified atom stereocenters. The third-order valence-electron chi connectivity index (χ3n) is 5.32. The average molecular weight is 381 g/mol. The zero-order chi connectivity index (χ0) is 18.8. The number of nitrogens with zero attached hydrogens (tertiary/aromatic N) is 2. The molecule has 140 valence electrons. The third-order valence-corrected chi connectivity index (χ3v) is 6.36. The second kappa shape index (κ2) is 7.79. The van der Waals surface area contributed by atoms with Crippen LogP contribution in [0.15, 0.2) is 48.5 Å². The van der Waals surface area contributed by atoms with Crippen molar-refractivity contribution >= 4 is 27.5 Å². The highest BCUT2D eigenvalue weighted by atomic mass is 32.1. The maximum Gasteiger partial charge on any atom is 0.254 e. The number of piperazine rings is 1. The van der Waals surface area contributed by atoms with Gasteiger partial charge >= 0.3 is 0 Å². The van der Waals surface area contributed by atoms with Crippen LogP contribution in [0.5, 0.6) is 0 Å². The molecule has 5 heteroatoms. The number of quaternary nitrogens is 1. The van der Waals surface area contributed by atoms with Crippen molar-refractivity contribution in [3.05, 3.63) is 64.7 Å². The van der Waals surface area contributed by atoms with Gasteiger partial charge in [-0.2, -0.15) is 0 Å². The van der Waals surface area contributed by atoms with Gasteiger partial charge in [0.25, 0.3) is 5.91 Å². The van der Waals surface area contributed by atoms with E-state index >= 15 is 0 Å². The summed E-state index contributed by atoms with van der Waals surface area (Å²) < 4.78 is 1.26. The summed E-state index contributed by atoms with van der Waals surface area (Å²) >= 11 is 1.79. The molecule has 27 heavy (non-hydrogen) atoms. The molecule has 1 aliphatic rings. The minimum Gasteiger partial charge on any atom is -0.327 e. The fourth-order valence-electron chi connectivity index (χ4n) is 3.61. The van der Waals surface area contributed by atoms with Crippen LogP contribution in [0.4, 0.5) is 0 Å². The van der Waals surface area contributed by atoms with E-state index < -0.39 is 0 Å². The smallest absolute Gasteiger partial charge is 0.254 e. The van der Waals surface area contributed by atoms with Crippen molar-refractivity contribution in [3.8, 4) is 0 Å². The van der Waals surface area contributed by atoms with Crippen molar-refractivity contribution in [2.24, 2.45) is 0 Å². The van der Waals surface area contributed by atoms with Gasteiger partial charge in [0.05, 0.1) is 36.4 Å². The molecule has 0 aliphatic carbocycles. The predicted octanol–water partition coefficient (Wildman–Crippen LogP) is 2.96. The van der Waals surface area contributed by atoms with E-state index in [-0.39, 0.29) is 5.91 Å². The Morgan fingerprint density at radius 2 is 1.81 bits per heavy atom. The monoisotopic (exact) mass is 380 g/mol. The molecule has 4 rings (SSSR count). The van der Waals surface area contributed by atoms with Crippen LogP contribution in [0, 0.1) is 0 Å². The highest BCUT2D eigenvalue weighted by Gasteiger charge is 2.25. The summed E-state index contributed by atoms with van der Waals surface area (Å²) in [6, 6.07) is 16.4. The number of carbonyl (C=O) groups excluding carboxylic acids is 1. The van der Waals surface area contributed by atoms with Gasteiger partial charge in [-0.15, -0.1) is 11.3 Å². The van der Waals surface area contributed by atoms with E-state index in [1.54, 1.807) is 11.3 Å². The van der Waals surface area contributed by atoms with Crippen LogP contribution >= 0.6 is 11.3 Å². The predicted molar refractivity (Wildman–Crippen MR) is 110 cm³/mol.